The Kier molecular flexibility index (Phi) is 8.00. The summed E-state index contributed by atoms with van der Waals surface area (Å²) in [5.41, 5.74) is 3.41. The number of halogens is 1. The first-order valence-corrected chi connectivity index (χ1v) is 12.1. The first-order valence-electron chi connectivity index (χ1n) is 12.1. The van der Waals surface area contributed by atoms with Gasteiger partial charge in [-0.1, -0.05) is 29.3 Å². The first kappa shape index (κ1) is 25.4. The summed E-state index contributed by atoms with van der Waals surface area (Å²) in [6, 6.07) is 12.0. The lowest BCUT2D eigenvalue weighted by atomic mass is 10.00. The first-order chi connectivity index (χ1) is 17.3. The van der Waals surface area contributed by atoms with Crippen molar-refractivity contribution >= 4 is 23.5 Å². The average Bonchev–Trinajstić information content (AvgIpc) is 2.81. The Morgan fingerprint density at radius 3 is 2.69 bits per heavy atom. The van der Waals surface area contributed by atoms with Crippen LogP contribution in [0.5, 0.6) is 5.75 Å². The monoisotopic (exact) mass is 493 g/mol. The summed E-state index contributed by atoms with van der Waals surface area (Å²) in [4.78, 5) is 23.9. The number of hydrogen-bond donors (Lipinski definition) is 2. The smallest absolute Gasteiger partial charge is 0.413 e. The summed E-state index contributed by atoms with van der Waals surface area (Å²) in [7, 11) is 2.09. The van der Waals surface area contributed by atoms with Crippen LogP contribution in [0.25, 0.3) is 0 Å². The molecular weight excluding hydrogens is 461 g/mol. The highest BCUT2D eigenvalue weighted by Gasteiger charge is 2.19. The number of ether oxygens (including phenoxy) is 1. The number of likely N-dealkylation sites (tertiary alicyclic amines) is 1. The molecule has 36 heavy (non-hydrogen) atoms. The Morgan fingerprint density at radius 1 is 1.22 bits per heavy atom. The number of carbonyl (C=O) groups is 1. The molecule has 2 heterocycles. The van der Waals surface area contributed by atoms with E-state index in [-0.39, 0.29) is 24.1 Å². The minimum atomic E-state index is -1.13. The molecule has 3 aromatic rings. The highest BCUT2D eigenvalue weighted by molar-refractivity contribution is 5.84. The lowest BCUT2D eigenvalue weighted by Gasteiger charge is -2.29. The van der Waals surface area contributed by atoms with Crippen LogP contribution in [0.15, 0.2) is 48.7 Å². The lowest BCUT2D eigenvalue weighted by Crippen LogP contribution is -2.34. The highest BCUT2D eigenvalue weighted by atomic mass is 19.1. The number of carboxylic acid groups (broad SMARTS) is 1. The van der Waals surface area contributed by atoms with Gasteiger partial charge in [-0.25, -0.2) is 14.2 Å². The number of nitrogens with one attached hydrogen (secondary N) is 1. The fourth-order valence-electron chi connectivity index (χ4n) is 4.59. The number of benzene rings is 2. The van der Waals surface area contributed by atoms with Gasteiger partial charge in [0.05, 0.1) is 13.2 Å². The van der Waals surface area contributed by atoms with E-state index in [2.05, 4.69) is 27.2 Å². The van der Waals surface area contributed by atoms with Crippen molar-refractivity contribution in [2.24, 2.45) is 5.92 Å². The minimum Gasteiger partial charge on any atom is -0.490 e. The van der Waals surface area contributed by atoms with Crippen LogP contribution in [0.3, 0.4) is 0 Å². The summed E-state index contributed by atoms with van der Waals surface area (Å²) < 4.78 is 20.4. The van der Waals surface area contributed by atoms with Crippen molar-refractivity contribution in [2.45, 2.75) is 33.2 Å². The zero-order valence-corrected chi connectivity index (χ0v) is 20.9. The van der Waals surface area contributed by atoms with Crippen LogP contribution in [-0.4, -0.2) is 52.8 Å². The molecule has 0 saturated carbocycles. The van der Waals surface area contributed by atoms with E-state index in [1.54, 1.807) is 12.1 Å². The van der Waals surface area contributed by atoms with Gasteiger partial charge in [0.15, 0.2) is 11.6 Å². The van der Waals surface area contributed by atoms with Crippen molar-refractivity contribution in [1.82, 2.24) is 14.9 Å². The number of amides is 1. The fourth-order valence-corrected chi connectivity index (χ4v) is 4.59. The predicted molar refractivity (Wildman–Crippen MR) is 138 cm³/mol. The van der Waals surface area contributed by atoms with Gasteiger partial charge in [0.1, 0.15) is 5.82 Å². The standard InChI is InChI=1S/C27H32FN5O3/c1-18-11-19(2)13-21(12-18)16-33(27(34)35)25-8-9-29-26(31-25)30-22-6-7-24(23(28)14-22)36-17-20-5-4-10-32(3)15-20/h6-9,11-14,20H,4-5,10,15-17H2,1-3H3,(H,34,35)(H,29,30,31). The molecule has 0 radical (unpaired) electrons. The molecule has 2 N–H and O–H groups in total. The molecule has 1 aromatic heterocycles. The number of piperidine rings is 1. The Labute approximate surface area is 210 Å². The summed E-state index contributed by atoms with van der Waals surface area (Å²) >= 11 is 0. The number of rotatable bonds is 8. The number of aromatic nitrogens is 2. The Morgan fingerprint density at radius 2 is 2.00 bits per heavy atom. The fraction of sp³-hybridized carbons (Fsp3) is 0.370. The molecule has 1 aliphatic rings. The number of aryl methyl sites for hydroxylation is 2. The summed E-state index contributed by atoms with van der Waals surface area (Å²) in [6.45, 7) is 6.60. The van der Waals surface area contributed by atoms with E-state index < -0.39 is 11.9 Å². The van der Waals surface area contributed by atoms with Crippen LogP contribution >= 0.6 is 0 Å². The van der Waals surface area contributed by atoms with Crippen LogP contribution in [0.2, 0.25) is 0 Å². The predicted octanol–water partition coefficient (Wildman–Crippen LogP) is 5.38. The van der Waals surface area contributed by atoms with E-state index >= 15 is 0 Å². The molecule has 9 heteroatoms. The van der Waals surface area contributed by atoms with Crippen molar-refractivity contribution in [1.29, 1.82) is 0 Å². The van der Waals surface area contributed by atoms with Crippen LogP contribution in [0.1, 0.15) is 29.5 Å². The van der Waals surface area contributed by atoms with Crippen molar-refractivity contribution in [3.63, 3.8) is 0 Å². The van der Waals surface area contributed by atoms with Gasteiger partial charge in [0.2, 0.25) is 5.95 Å². The summed E-state index contributed by atoms with van der Waals surface area (Å²) in [6.07, 6.45) is 2.54. The van der Waals surface area contributed by atoms with E-state index in [1.807, 2.05) is 32.0 Å². The second-order valence-electron chi connectivity index (χ2n) is 9.45. The molecule has 1 atom stereocenters. The third-order valence-corrected chi connectivity index (χ3v) is 6.16. The summed E-state index contributed by atoms with van der Waals surface area (Å²) in [5, 5.41) is 12.8. The molecule has 0 spiro atoms. The van der Waals surface area contributed by atoms with Gasteiger partial charge < -0.3 is 20.1 Å². The van der Waals surface area contributed by atoms with Gasteiger partial charge in [-0.3, -0.25) is 4.90 Å². The molecule has 190 valence electrons. The normalized spacial score (nSPS) is 15.9. The van der Waals surface area contributed by atoms with Crippen LogP contribution < -0.4 is 15.0 Å². The van der Waals surface area contributed by atoms with Gasteiger partial charge in [-0.2, -0.15) is 4.98 Å². The number of anilines is 3. The summed E-state index contributed by atoms with van der Waals surface area (Å²) in [5.74, 6) is 0.490. The maximum Gasteiger partial charge on any atom is 0.413 e. The van der Waals surface area contributed by atoms with Crippen LogP contribution in [0.4, 0.5) is 26.6 Å². The Bertz CT molecular complexity index is 1200. The SMILES string of the molecule is Cc1cc(C)cc(CN(C(=O)O)c2ccnc(Nc3ccc(OCC4CCCN(C)C4)c(F)c3)n2)c1. The quantitative estimate of drug-likeness (QED) is 0.435. The molecule has 0 aliphatic carbocycles. The maximum absolute atomic E-state index is 14.7. The van der Waals surface area contributed by atoms with E-state index in [0.717, 1.165) is 47.5 Å². The van der Waals surface area contributed by atoms with Crippen molar-refractivity contribution in [2.75, 3.05) is 37.0 Å². The molecule has 1 unspecified atom stereocenters. The van der Waals surface area contributed by atoms with Gasteiger partial charge in [0, 0.05) is 30.4 Å². The molecule has 1 fully saturated rings. The average molecular weight is 494 g/mol. The second-order valence-corrected chi connectivity index (χ2v) is 9.45. The van der Waals surface area contributed by atoms with Gasteiger partial charge >= 0.3 is 6.09 Å². The van der Waals surface area contributed by atoms with E-state index in [4.69, 9.17) is 4.74 Å². The van der Waals surface area contributed by atoms with Gasteiger partial charge in [-0.05, 0) is 64.0 Å². The third kappa shape index (κ3) is 6.69. The Hall–Kier alpha value is -3.72. The zero-order chi connectivity index (χ0) is 25.7. The number of nitrogens with zero attached hydrogens (tertiary/aromatic N) is 4. The van der Waals surface area contributed by atoms with Crippen molar-refractivity contribution in [3.8, 4) is 5.75 Å². The van der Waals surface area contributed by atoms with Crippen molar-refractivity contribution < 1.29 is 19.0 Å². The molecule has 4 rings (SSSR count). The molecule has 1 saturated heterocycles. The largest absolute Gasteiger partial charge is 0.490 e. The van der Waals surface area contributed by atoms with Gasteiger partial charge in [-0.15, -0.1) is 0 Å². The van der Waals surface area contributed by atoms with Crippen molar-refractivity contribution in [3.05, 3.63) is 71.2 Å². The minimum absolute atomic E-state index is 0.145. The highest BCUT2D eigenvalue weighted by Crippen LogP contribution is 2.25. The van der Waals surface area contributed by atoms with E-state index in [0.29, 0.717) is 18.2 Å². The third-order valence-electron chi connectivity index (χ3n) is 6.16. The molecule has 1 aliphatic heterocycles. The molecule has 1 amide bonds. The van der Waals surface area contributed by atoms with Gasteiger partial charge in [0.25, 0.3) is 0 Å². The van der Waals surface area contributed by atoms with Crippen LogP contribution in [-0.2, 0) is 6.54 Å². The Balaban J connectivity index is 1.43. The van der Waals surface area contributed by atoms with E-state index in [1.165, 1.54) is 18.3 Å². The molecule has 0 bridgehead atoms. The lowest BCUT2D eigenvalue weighted by molar-refractivity contribution is 0.147. The number of hydrogen-bond acceptors (Lipinski definition) is 6. The van der Waals surface area contributed by atoms with E-state index in [9.17, 15) is 14.3 Å². The molecule has 2 aromatic carbocycles. The zero-order valence-electron chi connectivity index (χ0n) is 20.9. The maximum atomic E-state index is 14.7. The van der Waals surface area contributed by atoms with Crippen LogP contribution in [0, 0.1) is 25.6 Å². The molecular formula is C27H32FN5O3. The topological polar surface area (TPSA) is 90.8 Å². The molecule has 8 nitrogen and oxygen atoms in total. The second kappa shape index (κ2) is 11.3.